The molecule has 0 aromatic heterocycles. The standard InChI is InChI=1S/C13H18F3N3O4/c14-13(15,16)6-17-11(23)18-9(20)5-19-4-8-2-1-3-12(8,7-19)10(21)22/h8H,1-7H2,(H,21,22)(H2,17,18,20,23)/t8-,12+/m0/s1. The maximum atomic E-state index is 11.9. The summed E-state index contributed by atoms with van der Waals surface area (Å²) in [5, 5.41) is 12.8. The van der Waals surface area contributed by atoms with Crippen LogP contribution in [0.5, 0.6) is 0 Å². The zero-order chi connectivity index (χ0) is 17.3. The number of likely N-dealkylation sites (tertiary alicyclic amines) is 1. The van der Waals surface area contributed by atoms with Gasteiger partial charge < -0.3 is 10.4 Å². The molecule has 3 amide bonds. The summed E-state index contributed by atoms with van der Waals surface area (Å²) in [6.45, 7) is -1.10. The molecule has 1 saturated carbocycles. The van der Waals surface area contributed by atoms with Gasteiger partial charge in [-0.2, -0.15) is 13.2 Å². The van der Waals surface area contributed by atoms with E-state index in [0.29, 0.717) is 13.0 Å². The first-order valence-electron chi connectivity index (χ1n) is 7.22. The lowest BCUT2D eigenvalue weighted by Crippen LogP contribution is -2.46. The first-order valence-corrected chi connectivity index (χ1v) is 7.22. The summed E-state index contributed by atoms with van der Waals surface area (Å²) >= 11 is 0. The predicted molar refractivity (Wildman–Crippen MR) is 71.4 cm³/mol. The molecule has 1 heterocycles. The fourth-order valence-electron chi connectivity index (χ4n) is 3.46. The van der Waals surface area contributed by atoms with E-state index in [2.05, 4.69) is 0 Å². The van der Waals surface area contributed by atoms with Crippen LogP contribution >= 0.6 is 0 Å². The molecule has 2 rings (SSSR count). The highest BCUT2D eigenvalue weighted by molar-refractivity contribution is 5.95. The maximum Gasteiger partial charge on any atom is 0.405 e. The van der Waals surface area contributed by atoms with Crippen LogP contribution in [-0.2, 0) is 9.59 Å². The number of nitrogens with zero attached hydrogens (tertiary/aromatic N) is 1. The Morgan fingerprint density at radius 1 is 1.30 bits per heavy atom. The lowest BCUT2D eigenvalue weighted by Gasteiger charge is -2.23. The summed E-state index contributed by atoms with van der Waals surface area (Å²) in [5.41, 5.74) is -0.848. The van der Waals surface area contributed by atoms with Crippen LogP contribution < -0.4 is 10.6 Å². The minimum atomic E-state index is -4.55. The number of carbonyl (C=O) groups excluding carboxylic acids is 2. The summed E-state index contributed by atoms with van der Waals surface area (Å²) in [4.78, 5) is 36.0. The number of hydrogen-bond acceptors (Lipinski definition) is 4. The van der Waals surface area contributed by atoms with Crippen LogP contribution in [0.1, 0.15) is 19.3 Å². The second-order valence-electron chi connectivity index (χ2n) is 6.07. The number of imide groups is 1. The van der Waals surface area contributed by atoms with Crippen LogP contribution in [0.4, 0.5) is 18.0 Å². The molecule has 0 aromatic rings. The SMILES string of the molecule is O=C(CN1C[C@@H]2CCC[C@@]2(C(=O)O)C1)NC(=O)NCC(F)(F)F. The van der Waals surface area contributed by atoms with Crippen molar-refractivity contribution in [2.24, 2.45) is 11.3 Å². The molecule has 7 nitrogen and oxygen atoms in total. The van der Waals surface area contributed by atoms with Crippen molar-refractivity contribution in [2.45, 2.75) is 25.4 Å². The highest BCUT2D eigenvalue weighted by Crippen LogP contribution is 2.48. The third-order valence-corrected chi connectivity index (χ3v) is 4.44. The topological polar surface area (TPSA) is 98.7 Å². The van der Waals surface area contributed by atoms with Gasteiger partial charge in [0.25, 0.3) is 0 Å². The number of nitrogens with one attached hydrogen (secondary N) is 2. The van der Waals surface area contributed by atoms with Crippen molar-refractivity contribution in [2.75, 3.05) is 26.2 Å². The van der Waals surface area contributed by atoms with Gasteiger partial charge in [-0.3, -0.25) is 19.8 Å². The number of rotatable bonds is 4. The van der Waals surface area contributed by atoms with Crippen molar-refractivity contribution in [3.05, 3.63) is 0 Å². The smallest absolute Gasteiger partial charge is 0.405 e. The van der Waals surface area contributed by atoms with E-state index in [-0.39, 0.29) is 19.0 Å². The average Bonchev–Trinajstić information content (AvgIpc) is 2.92. The molecule has 0 unspecified atom stereocenters. The molecule has 0 radical (unpaired) electrons. The number of amides is 3. The van der Waals surface area contributed by atoms with Gasteiger partial charge in [-0.25, -0.2) is 4.79 Å². The van der Waals surface area contributed by atoms with Crippen LogP contribution in [0.3, 0.4) is 0 Å². The highest BCUT2D eigenvalue weighted by Gasteiger charge is 2.54. The fourth-order valence-corrected chi connectivity index (χ4v) is 3.46. The van der Waals surface area contributed by atoms with Crippen LogP contribution in [0.15, 0.2) is 0 Å². The van der Waals surface area contributed by atoms with E-state index in [0.717, 1.165) is 12.8 Å². The summed E-state index contributed by atoms with van der Waals surface area (Å²) in [6, 6.07) is -1.22. The Balaban J connectivity index is 1.81. The molecule has 1 aliphatic heterocycles. The third kappa shape index (κ3) is 4.12. The number of fused-ring (bicyclic) bond motifs is 1. The minimum Gasteiger partial charge on any atom is -0.481 e. The molecular formula is C13H18F3N3O4. The second kappa shape index (κ2) is 6.34. The molecule has 0 aromatic carbocycles. The van der Waals surface area contributed by atoms with Gasteiger partial charge in [0.2, 0.25) is 5.91 Å². The number of carbonyl (C=O) groups is 3. The first-order chi connectivity index (χ1) is 10.6. The molecular weight excluding hydrogens is 319 g/mol. The normalized spacial score (nSPS) is 27.5. The second-order valence-corrected chi connectivity index (χ2v) is 6.07. The monoisotopic (exact) mass is 337 g/mol. The number of aliphatic carboxylic acids is 1. The van der Waals surface area contributed by atoms with Gasteiger partial charge in [0.1, 0.15) is 6.54 Å². The number of hydrogen-bond donors (Lipinski definition) is 3. The van der Waals surface area contributed by atoms with Crippen LogP contribution in [0, 0.1) is 11.3 Å². The molecule has 0 bridgehead atoms. The van der Waals surface area contributed by atoms with E-state index >= 15 is 0 Å². The Morgan fingerprint density at radius 3 is 2.57 bits per heavy atom. The molecule has 1 aliphatic carbocycles. The predicted octanol–water partition coefficient (Wildman–Crippen LogP) is 0.561. The van der Waals surface area contributed by atoms with Gasteiger partial charge in [-0.15, -0.1) is 0 Å². The Bertz CT molecular complexity index is 511. The van der Waals surface area contributed by atoms with Crippen LogP contribution in [0.25, 0.3) is 0 Å². The van der Waals surface area contributed by atoms with E-state index in [9.17, 15) is 32.7 Å². The van der Waals surface area contributed by atoms with Gasteiger partial charge in [0.15, 0.2) is 0 Å². The number of halogens is 3. The molecule has 2 aliphatic rings. The molecule has 3 N–H and O–H groups in total. The van der Waals surface area contributed by atoms with Crippen molar-refractivity contribution in [1.29, 1.82) is 0 Å². The number of alkyl halides is 3. The average molecular weight is 337 g/mol. The third-order valence-electron chi connectivity index (χ3n) is 4.44. The van der Waals surface area contributed by atoms with Gasteiger partial charge >= 0.3 is 18.2 Å². The van der Waals surface area contributed by atoms with Crippen molar-refractivity contribution in [3.8, 4) is 0 Å². The van der Waals surface area contributed by atoms with E-state index in [4.69, 9.17) is 0 Å². The van der Waals surface area contributed by atoms with Crippen LogP contribution in [0.2, 0.25) is 0 Å². The van der Waals surface area contributed by atoms with Crippen molar-refractivity contribution < 1.29 is 32.7 Å². The number of carboxylic acids is 1. The van der Waals surface area contributed by atoms with E-state index in [1.807, 2.05) is 5.32 Å². The summed E-state index contributed by atoms with van der Waals surface area (Å²) in [5.74, 6) is -1.68. The minimum absolute atomic E-state index is 0.0353. The van der Waals surface area contributed by atoms with Gasteiger partial charge in [0, 0.05) is 13.1 Å². The lowest BCUT2D eigenvalue weighted by molar-refractivity contribution is -0.149. The summed E-state index contributed by atoms with van der Waals surface area (Å²) in [7, 11) is 0. The van der Waals surface area contributed by atoms with Gasteiger partial charge in [-0.1, -0.05) is 6.42 Å². The molecule has 1 saturated heterocycles. The Hall–Kier alpha value is -1.84. The summed E-state index contributed by atoms with van der Waals surface area (Å²) in [6.07, 6.45) is -2.40. The fraction of sp³-hybridized carbons (Fsp3) is 0.769. The quantitative estimate of drug-likeness (QED) is 0.696. The zero-order valence-electron chi connectivity index (χ0n) is 12.3. The zero-order valence-corrected chi connectivity index (χ0v) is 12.3. The maximum absolute atomic E-state index is 11.9. The summed E-state index contributed by atoms with van der Waals surface area (Å²) < 4.78 is 35.8. The molecule has 130 valence electrons. The van der Waals surface area contributed by atoms with Crippen molar-refractivity contribution >= 4 is 17.9 Å². The molecule has 2 fully saturated rings. The largest absolute Gasteiger partial charge is 0.481 e. The molecule has 0 spiro atoms. The number of carboxylic acid groups (broad SMARTS) is 1. The Labute approximate surface area is 130 Å². The van der Waals surface area contributed by atoms with E-state index in [1.54, 1.807) is 4.90 Å². The van der Waals surface area contributed by atoms with E-state index < -0.39 is 36.0 Å². The Morgan fingerprint density at radius 2 is 2.00 bits per heavy atom. The van der Waals surface area contributed by atoms with Crippen molar-refractivity contribution in [1.82, 2.24) is 15.5 Å². The number of urea groups is 1. The Kier molecular flexibility index (Phi) is 4.83. The van der Waals surface area contributed by atoms with Crippen molar-refractivity contribution in [3.63, 3.8) is 0 Å². The first kappa shape index (κ1) is 17.5. The van der Waals surface area contributed by atoms with E-state index in [1.165, 1.54) is 5.32 Å². The molecule has 10 heteroatoms. The van der Waals surface area contributed by atoms with Gasteiger partial charge in [-0.05, 0) is 18.8 Å². The molecule has 2 atom stereocenters. The molecule has 23 heavy (non-hydrogen) atoms. The van der Waals surface area contributed by atoms with Crippen LogP contribution in [-0.4, -0.2) is 60.3 Å². The van der Waals surface area contributed by atoms with Gasteiger partial charge in [0.05, 0.1) is 12.0 Å². The lowest BCUT2D eigenvalue weighted by atomic mass is 9.81. The highest BCUT2D eigenvalue weighted by atomic mass is 19.4.